The van der Waals surface area contributed by atoms with Gasteiger partial charge in [0.25, 0.3) is 5.91 Å². The molecule has 1 heterocycles. The van der Waals surface area contributed by atoms with Crippen molar-refractivity contribution in [3.8, 4) is 0 Å². The Balaban J connectivity index is 2.75. The number of hydrogen-bond acceptors (Lipinski definition) is 4. The molecule has 1 amide bonds. The van der Waals surface area contributed by atoms with E-state index in [4.69, 9.17) is 0 Å². The first kappa shape index (κ1) is 15.4. The first-order valence-electron chi connectivity index (χ1n) is 6.53. The minimum absolute atomic E-state index is 0.113. The molecule has 0 fully saturated rings. The number of rotatable bonds is 6. The Morgan fingerprint density at radius 1 is 1.42 bits per heavy atom. The Hall–Kier alpha value is -1.62. The van der Waals surface area contributed by atoms with Crippen molar-refractivity contribution in [2.24, 2.45) is 5.92 Å². The average Bonchev–Trinajstić information content (AvgIpc) is 2.37. The fourth-order valence-electron chi connectivity index (χ4n) is 1.77. The van der Waals surface area contributed by atoms with Crippen molar-refractivity contribution in [1.82, 2.24) is 15.2 Å². The molecule has 0 bridgehead atoms. The zero-order chi connectivity index (χ0) is 14.4. The summed E-state index contributed by atoms with van der Waals surface area (Å²) in [5.74, 6) is 0.247. The van der Waals surface area contributed by atoms with Crippen molar-refractivity contribution < 1.29 is 4.79 Å². The predicted molar refractivity (Wildman–Crippen MR) is 78.4 cm³/mol. The molecule has 1 atom stereocenters. The van der Waals surface area contributed by atoms with E-state index in [9.17, 15) is 4.79 Å². The normalized spacial score (nSPS) is 12.6. The van der Waals surface area contributed by atoms with Gasteiger partial charge in [0.1, 0.15) is 5.69 Å². The lowest BCUT2D eigenvalue weighted by molar-refractivity contribution is 0.0911. The molecule has 1 unspecified atom stereocenters. The van der Waals surface area contributed by atoms with E-state index in [1.54, 1.807) is 12.3 Å². The minimum Gasteiger partial charge on any atom is -0.388 e. The van der Waals surface area contributed by atoms with Crippen LogP contribution in [-0.2, 0) is 0 Å². The van der Waals surface area contributed by atoms with Crippen LogP contribution >= 0.6 is 0 Å². The maximum atomic E-state index is 12.2. The first-order valence-corrected chi connectivity index (χ1v) is 6.53. The molecule has 5 nitrogen and oxygen atoms in total. The van der Waals surface area contributed by atoms with Crippen LogP contribution < -0.4 is 10.6 Å². The van der Waals surface area contributed by atoms with Gasteiger partial charge in [-0.2, -0.15) is 0 Å². The number of aromatic nitrogens is 1. The maximum Gasteiger partial charge on any atom is 0.270 e. The Morgan fingerprint density at radius 2 is 2.11 bits per heavy atom. The third kappa shape index (κ3) is 4.87. The number of carbonyl (C=O) groups excluding carboxylic acids is 1. The van der Waals surface area contributed by atoms with E-state index in [-0.39, 0.29) is 11.9 Å². The van der Waals surface area contributed by atoms with Gasteiger partial charge in [-0.15, -0.1) is 0 Å². The van der Waals surface area contributed by atoms with Crippen LogP contribution in [0.2, 0.25) is 0 Å². The number of amides is 1. The van der Waals surface area contributed by atoms with Gasteiger partial charge < -0.3 is 15.5 Å². The Bertz CT molecular complexity index is 418. The lowest BCUT2D eigenvalue weighted by Gasteiger charge is -2.25. The summed E-state index contributed by atoms with van der Waals surface area (Å²) < 4.78 is 0. The minimum atomic E-state index is -0.127. The summed E-state index contributed by atoms with van der Waals surface area (Å²) in [6, 6.07) is 3.70. The van der Waals surface area contributed by atoms with Crippen molar-refractivity contribution in [1.29, 1.82) is 0 Å². The molecule has 0 aliphatic heterocycles. The van der Waals surface area contributed by atoms with Crippen LogP contribution in [0, 0.1) is 5.92 Å². The van der Waals surface area contributed by atoms with Crippen LogP contribution in [0.3, 0.4) is 0 Å². The number of pyridine rings is 1. The largest absolute Gasteiger partial charge is 0.388 e. The molecule has 0 aromatic carbocycles. The highest BCUT2D eigenvalue weighted by Gasteiger charge is 2.18. The standard InChI is InChI=1S/C14H24N4O/c1-10(2)13(9-18(4)5)17-14(19)12-8-11(15-3)6-7-16-12/h6-8,10,13H,9H2,1-5H3,(H,15,16)(H,17,19). The number of carbonyl (C=O) groups is 1. The summed E-state index contributed by atoms with van der Waals surface area (Å²) >= 11 is 0. The van der Waals surface area contributed by atoms with Gasteiger partial charge in [-0.3, -0.25) is 9.78 Å². The fraction of sp³-hybridized carbons (Fsp3) is 0.571. The van der Waals surface area contributed by atoms with Crippen LogP contribution in [0.15, 0.2) is 18.3 Å². The molecule has 2 N–H and O–H groups in total. The van der Waals surface area contributed by atoms with E-state index in [0.717, 1.165) is 12.2 Å². The van der Waals surface area contributed by atoms with Gasteiger partial charge >= 0.3 is 0 Å². The number of anilines is 1. The van der Waals surface area contributed by atoms with Gasteiger partial charge in [0.2, 0.25) is 0 Å². The summed E-state index contributed by atoms with van der Waals surface area (Å²) in [7, 11) is 5.82. The van der Waals surface area contributed by atoms with Gasteiger partial charge in [-0.1, -0.05) is 13.8 Å². The third-order valence-electron chi connectivity index (χ3n) is 2.96. The molecule has 106 valence electrons. The lowest BCUT2D eigenvalue weighted by atomic mass is 10.0. The highest BCUT2D eigenvalue weighted by atomic mass is 16.1. The SMILES string of the molecule is CNc1ccnc(C(=O)NC(CN(C)C)C(C)C)c1. The third-order valence-corrected chi connectivity index (χ3v) is 2.96. The van der Waals surface area contributed by atoms with Crippen LogP contribution in [0.4, 0.5) is 5.69 Å². The molecule has 1 rings (SSSR count). The van der Waals surface area contributed by atoms with Crippen molar-refractivity contribution in [3.05, 3.63) is 24.0 Å². The van der Waals surface area contributed by atoms with Crippen molar-refractivity contribution in [2.75, 3.05) is 33.0 Å². The van der Waals surface area contributed by atoms with Crippen LogP contribution in [0.25, 0.3) is 0 Å². The molecule has 5 heteroatoms. The van der Waals surface area contributed by atoms with Crippen LogP contribution in [0.1, 0.15) is 24.3 Å². The molecule has 0 saturated carbocycles. The Kier molecular flexibility index (Phi) is 5.76. The second kappa shape index (κ2) is 7.09. The fourth-order valence-corrected chi connectivity index (χ4v) is 1.77. The topological polar surface area (TPSA) is 57.3 Å². The monoisotopic (exact) mass is 264 g/mol. The molecule has 0 aliphatic rings. The summed E-state index contributed by atoms with van der Waals surface area (Å²) in [4.78, 5) is 18.4. The van der Waals surface area contributed by atoms with E-state index in [2.05, 4.69) is 34.4 Å². The quantitative estimate of drug-likeness (QED) is 0.816. The molecule has 0 radical (unpaired) electrons. The molecular formula is C14H24N4O. The summed E-state index contributed by atoms with van der Waals surface area (Å²) in [6.07, 6.45) is 1.64. The van der Waals surface area contributed by atoms with Crippen molar-refractivity contribution in [3.63, 3.8) is 0 Å². The van der Waals surface area contributed by atoms with E-state index in [1.165, 1.54) is 0 Å². The zero-order valence-electron chi connectivity index (χ0n) is 12.4. The highest BCUT2D eigenvalue weighted by molar-refractivity contribution is 5.93. The molecular weight excluding hydrogens is 240 g/mol. The molecule has 0 saturated heterocycles. The van der Waals surface area contributed by atoms with Crippen LogP contribution in [0.5, 0.6) is 0 Å². The number of hydrogen-bond donors (Lipinski definition) is 2. The lowest BCUT2D eigenvalue weighted by Crippen LogP contribution is -2.45. The van der Waals surface area contributed by atoms with Crippen molar-refractivity contribution >= 4 is 11.6 Å². The van der Waals surface area contributed by atoms with E-state index < -0.39 is 0 Å². The number of nitrogens with one attached hydrogen (secondary N) is 2. The summed E-state index contributed by atoms with van der Waals surface area (Å²) in [6.45, 7) is 5.02. The molecule has 19 heavy (non-hydrogen) atoms. The molecule has 1 aromatic heterocycles. The number of likely N-dealkylation sites (N-methyl/N-ethyl adjacent to an activating group) is 1. The molecule has 0 aliphatic carbocycles. The number of nitrogens with zero attached hydrogens (tertiary/aromatic N) is 2. The first-order chi connectivity index (χ1) is 8.93. The smallest absolute Gasteiger partial charge is 0.270 e. The second-order valence-electron chi connectivity index (χ2n) is 5.27. The van der Waals surface area contributed by atoms with Crippen molar-refractivity contribution in [2.45, 2.75) is 19.9 Å². The average molecular weight is 264 g/mol. The van der Waals surface area contributed by atoms with Gasteiger partial charge in [0.15, 0.2) is 0 Å². The van der Waals surface area contributed by atoms with Gasteiger partial charge in [-0.25, -0.2) is 0 Å². The molecule has 0 spiro atoms. The maximum absolute atomic E-state index is 12.2. The Morgan fingerprint density at radius 3 is 2.63 bits per heavy atom. The van der Waals surface area contributed by atoms with Gasteiger partial charge in [-0.05, 0) is 32.1 Å². The second-order valence-corrected chi connectivity index (χ2v) is 5.27. The summed E-state index contributed by atoms with van der Waals surface area (Å²) in [5, 5.41) is 6.05. The van der Waals surface area contributed by atoms with E-state index in [0.29, 0.717) is 11.6 Å². The zero-order valence-corrected chi connectivity index (χ0v) is 12.4. The Labute approximate surface area is 115 Å². The van der Waals surface area contributed by atoms with Crippen LogP contribution in [-0.4, -0.2) is 49.5 Å². The summed E-state index contributed by atoms with van der Waals surface area (Å²) in [5.41, 5.74) is 1.32. The van der Waals surface area contributed by atoms with E-state index >= 15 is 0 Å². The van der Waals surface area contributed by atoms with Gasteiger partial charge in [0.05, 0.1) is 0 Å². The van der Waals surface area contributed by atoms with E-state index in [1.807, 2.05) is 27.2 Å². The highest BCUT2D eigenvalue weighted by Crippen LogP contribution is 2.08. The van der Waals surface area contributed by atoms with Gasteiger partial charge in [0, 0.05) is 31.5 Å². The molecule has 1 aromatic rings. The predicted octanol–water partition coefficient (Wildman–Crippen LogP) is 1.44.